The second-order valence-electron chi connectivity index (χ2n) is 18.8. The molecule has 0 aromatic heterocycles. The number of carbonyl (C=O) groups is 3. The molecule has 0 aliphatic heterocycles. The van der Waals surface area contributed by atoms with Gasteiger partial charge in [0.05, 0.1) is 0 Å². The van der Waals surface area contributed by atoms with Gasteiger partial charge in [-0.3, -0.25) is 14.4 Å². The highest BCUT2D eigenvalue weighted by Gasteiger charge is 2.19. The Balaban J connectivity index is 4.54. The summed E-state index contributed by atoms with van der Waals surface area (Å²) >= 11 is 0. The van der Waals surface area contributed by atoms with Gasteiger partial charge in [0, 0.05) is 19.3 Å². The fraction of sp³-hybridized carbons (Fsp3) is 0.597. The molecule has 1 unspecified atom stereocenters. The average molecular weight is 1010 g/mol. The topological polar surface area (TPSA) is 78.9 Å². The van der Waals surface area contributed by atoms with E-state index in [0.717, 1.165) is 141 Å². The average Bonchev–Trinajstić information content (AvgIpc) is 3.39. The third kappa shape index (κ3) is 58.1. The van der Waals surface area contributed by atoms with Crippen LogP contribution in [0, 0.1) is 0 Å². The minimum absolute atomic E-state index is 0.119. The van der Waals surface area contributed by atoms with Gasteiger partial charge >= 0.3 is 17.9 Å². The number of unbranched alkanes of at least 4 members (excludes halogenated alkanes) is 16. The maximum absolute atomic E-state index is 12.8. The highest BCUT2D eigenvalue weighted by Crippen LogP contribution is 2.13. The predicted molar refractivity (Wildman–Crippen MR) is 315 cm³/mol. The van der Waals surface area contributed by atoms with Crippen LogP contribution >= 0.6 is 0 Å². The molecular weight excluding hydrogens is 901 g/mol. The summed E-state index contributed by atoms with van der Waals surface area (Å²) in [4.78, 5) is 38.2. The third-order valence-corrected chi connectivity index (χ3v) is 11.8. The lowest BCUT2D eigenvalue weighted by molar-refractivity contribution is -0.167. The lowest BCUT2D eigenvalue weighted by Gasteiger charge is -2.18. The van der Waals surface area contributed by atoms with Gasteiger partial charge in [-0.15, -0.1) is 0 Å². The highest BCUT2D eigenvalue weighted by atomic mass is 16.6. The van der Waals surface area contributed by atoms with Crippen LogP contribution in [0.1, 0.15) is 239 Å². The van der Waals surface area contributed by atoms with Crippen molar-refractivity contribution in [3.63, 3.8) is 0 Å². The fourth-order valence-corrected chi connectivity index (χ4v) is 7.47. The van der Waals surface area contributed by atoms with Gasteiger partial charge in [0.25, 0.3) is 0 Å². The molecule has 0 aromatic carbocycles. The molecule has 0 fully saturated rings. The van der Waals surface area contributed by atoms with E-state index in [1.165, 1.54) is 51.4 Å². The minimum Gasteiger partial charge on any atom is -0.462 e. The van der Waals surface area contributed by atoms with Crippen LogP contribution in [-0.2, 0) is 28.6 Å². The van der Waals surface area contributed by atoms with E-state index in [-0.39, 0.29) is 37.5 Å². The maximum atomic E-state index is 12.8. The van der Waals surface area contributed by atoms with Gasteiger partial charge in [-0.05, 0) is 135 Å². The number of allylic oxidation sites excluding steroid dienone is 24. The Morgan fingerprint density at radius 3 is 0.890 bits per heavy atom. The van der Waals surface area contributed by atoms with E-state index in [0.29, 0.717) is 19.3 Å². The van der Waals surface area contributed by atoms with Crippen LogP contribution in [0.25, 0.3) is 0 Å². The summed E-state index contributed by atoms with van der Waals surface area (Å²) < 4.78 is 16.8. The van der Waals surface area contributed by atoms with Crippen molar-refractivity contribution in [2.45, 2.75) is 245 Å². The van der Waals surface area contributed by atoms with Gasteiger partial charge in [-0.2, -0.15) is 0 Å². The van der Waals surface area contributed by atoms with Crippen molar-refractivity contribution in [3.05, 3.63) is 146 Å². The van der Waals surface area contributed by atoms with E-state index in [1.54, 1.807) is 0 Å². The zero-order chi connectivity index (χ0) is 52.9. The summed E-state index contributed by atoms with van der Waals surface area (Å²) in [6.45, 7) is 6.32. The molecule has 0 heterocycles. The van der Waals surface area contributed by atoms with E-state index >= 15 is 0 Å². The first-order valence-electron chi connectivity index (χ1n) is 29.3. The molecule has 0 amide bonds. The Kier molecular flexibility index (Phi) is 56.0. The highest BCUT2D eigenvalue weighted by molar-refractivity contribution is 5.71. The quantitative estimate of drug-likeness (QED) is 0.0261. The van der Waals surface area contributed by atoms with Gasteiger partial charge < -0.3 is 14.2 Å². The molecule has 0 radical (unpaired) electrons. The van der Waals surface area contributed by atoms with Crippen molar-refractivity contribution < 1.29 is 28.6 Å². The van der Waals surface area contributed by atoms with Crippen molar-refractivity contribution in [2.75, 3.05) is 13.2 Å². The van der Waals surface area contributed by atoms with E-state index in [2.05, 4.69) is 167 Å². The number of ether oxygens (including phenoxy) is 3. The van der Waals surface area contributed by atoms with Crippen LogP contribution in [0.15, 0.2) is 146 Å². The predicted octanol–water partition coefficient (Wildman–Crippen LogP) is 20.0. The summed E-state index contributed by atoms with van der Waals surface area (Å²) in [6.07, 6.45) is 85.6. The van der Waals surface area contributed by atoms with E-state index in [1.807, 2.05) is 0 Å². The van der Waals surface area contributed by atoms with Crippen LogP contribution in [0.2, 0.25) is 0 Å². The molecule has 0 N–H and O–H groups in total. The molecule has 0 aromatic rings. The first-order chi connectivity index (χ1) is 36.0. The first kappa shape index (κ1) is 68.3. The molecule has 6 heteroatoms. The number of esters is 3. The molecule has 0 saturated heterocycles. The smallest absolute Gasteiger partial charge is 0.306 e. The van der Waals surface area contributed by atoms with Gasteiger partial charge in [-0.25, -0.2) is 0 Å². The Labute approximate surface area is 448 Å². The summed E-state index contributed by atoms with van der Waals surface area (Å²) in [5, 5.41) is 0. The summed E-state index contributed by atoms with van der Waals surface area (Å²) in [6, 6.07) is 0. The SMILES string of the molecule is CC/C=C\C/C=C\C/C=C\C/C=C\C/C=C\C/C=C\CCCCCCC(=O)OCC(COC(=O)CCCCCCC/C=C\CCCCCCCC)OC(=O)CCC/C=C\C/C=C\C/C=C\C/C=C\C/C=C\CC. The van der Waals surface area contributed by atoms with Gasteiger partial charge in [0.15, 0.2) is 6.10 Å². The van der Waals surface area contributed by atoms with Crippen molar-refractivity contribution in [3.8, 4) is 0 Å². The first-order valence-corrected chi connectivity index (χ1v) is 29.3. The molecule has 0 bridgehead atoms. The summed E-state index contributed by atoms with van der Waals surface area (Å²) in [7, 11) is 0. The minimum atomic E-state index is -0.829. The molecule has 0 aliphatic rings. The monoisotopic (exact) mass is 1010 g/mol. The van der Waals surface area contributed by atoms with Crippen LogP contribution in [-0.4, -0.2) is 37.2 Å². The fourth-order valence-electron chi connectivity index (χ4n) is 7.47. The zero-order valence-electron chi connectivity index (χ0n) is 46.8. The van der Waals surface area contributed by atoms with Gasteiger partial charge in [0.2, 0.25) is 0 Å². The summed E-state index contributed by atoms with van der Waals surface area (Å²) in [5.41, 5.74) is 0. The normalized spacial score (nSPS) is 13.2. The molecule has 73 heavy (non-hydrogen) atoms. The molecule has 410 valence electrons. The van der Waals surface area contributed by atoms with Crippen LogP contribution in [0.3, 0.4) is 0 Å². The van der Waals surface area contributed by atoms with Gasteiger partial charge in [0.1, 0.15) is 13.2 Å². The third-order valence-electron chi connectivity index (χ3n) is 11.8. The Hall–Kier alpha value is -4.71. The van der Waals surface area contributed by atoms with Crippen molar-refractivity contribution in [1.29, 1.82) is 0 Å². The zero-order valence-corrected chi connectivity index (χ0v) is 46.8. The Morgan fingerprint density at radius 2 is 0.548 bits per heavy atom. The molecule has 0 saturated carbocycles. The van der Waals surface area contributed by atoms with E-state index < -0.39 is 6.10 Å². The Morgan fingerprint density at radius 1 is 0.288 bits per heavy atom. The lowest BCUT2D eigenvalue weighted by atomic mass is 10.1. The van der Waals surface area contributed by atoms with Crippen LogP contribution in [0.4, 0.5) is 0 Å². The maximum Gasteiger partial charge on any atom is 0.306 e. The molecule has 1 atom stereocenters. The van der Waals surface area contributed by atoms with Gasteiger partial charge in [-0.1, -0.05) is 231 Å². The molecular formula is C67H106O6. The van der Waals surface area contributed by atoms with E-state index in [9.17, 15) is 14.4 Å². The second kappa shape index (κ2) is 59.8. The second-order valence-corrected chi connectivity index (χ2v) is 18.8. The molecule has 0 rings (SSSR count). The number of carbonyl (C=O) groups excluding carboxylic acids is 3. The molecule has 0 spiro atoms. The van der Waals surface area contributed by atoms with E-state index in [4.69, 9.17) is 14.2 Å². The number of rotatable bonds is 51. The largest absolute Gasteiger partial charge is 0.462 e. The van der Waals surface area contributed by atoms with Crippen molar-refractivity contribution in [2.24, 2.45) is 0 Å². The number of hydrogen-bond acceptors (Lipinski definition) is 6. The molecule has 6 nitrogen and oxygen atoms in total. The van der Waals surface area contributed by atoms with Crippen molar-refractivity contribution in [1.82, 2.24) is 0 Å². The van der Waals surface area contributed by atoms with Crippen LogP contribution in [0.5, 0.6) is 0 Å². The van der Waals surface area contributed by atoms with Crippen LogP contribution < -0.4 is 0 Å². The standard InChI is InChI=1S/C67H106O6/c1-4-7-10-13-16-19-22-25-28-30-31-32-33-34-35-37-39-42-45-48-51-54-57-60-66(69)72-63-64(62-71-65(68)59-56-53-50-47-44-41-38-27-24-21-18-15-12-9-6-3)73-67(70)61-58-55-52-49-46-43-40-36-29-26-23-20-17-14-11-8-5-2/h7-8,10-11,16-17,19-20,25-29,31-32,34-35,38-40,42-43,49,52,64H,4-6,9,12-15,18,21-24,30,33,36-37,41,44-48,50-51,53-63H2,1-3H3/b10-7-,11-8-,19-16-,20-17-,28-25-,29-26-,32-31-,35-34-,38-27-,42-39-,43-40-,52-49-. The number of hydrogen-bond donors (Lipinski definition) is 0. The molecule has 0 aliphatic carbocycles. The van der Waals surface area contributed by atoms with Crippen molar-refractivity contribution >= 4 is 17.9 Å². The summed E-state index contributed by atoms with van der Waals surface area (Å²) in [5.74, 6) is -1.02. The lowest BCUT2D eigenvalue weighted by Crippen LogP contribution is -2.30. The Bertz CT molecular complexity index is 1630.